The maximum atomic E-state index is 10.1. The van der Waals surface area contributed by atoms with Crippen molar-refractivity contribution in [1.29, 1.82) is 0 Å². The molecule has 2 unspecified atom stereocenters. The lowest BCUT2D eigenvalue weighted by Gasteiger charge is -2.22. The van der Waals surface area contributed by atoms with Crippen molar-refractivity contribution in [3.8, 4) is 0 Å². The van der Waals surface area contributed by atoms with Crippen LogP contribution in [-0.2, 0) is 6.42 Å². The van der Waals surface area contributed by atoms with E-state index in [9.17, 15) is 5.11 Å². The molecule has 1 N–H and O–H groups in total. The van der Waals surface area contributed by atoms with E-state index in [1.807, 2.05) is 13.0 Å². The normalized spacial score (nSPS) is 15.2. The summed E-state index contributed by atoms with van der Waals surface area (Å²) in [6, 6.07) is 5.35. The molecule has 0 aromatic heterocycles. The van der Waals surface area contributed by atoms with Crippen LogP contribution in [0, 0.1) is 11.8 Å². The summed E-state index contributed by atoms with van der Waals surface area (Å²) in [7, 11) is 0. The zero-order valence-corrected chi connectivity index (χ0v) is 11.4. The van der Waals surface area contributed by atoms with E-state index < -0.39 is 0 Å². The summed E-state index contributed by atoms with van der Waals surface area (Å²) in [5.41, 5.74) is 0.911. The second-order valence-corrected chi connectivity index (χ2v) is 5.45. The quantitative estimate of drug-likeness (QED) is 0.861. The van der Waals surface area contributed by atoms with E-state index in [0.29, 0.717) is 22.4 Å². The molecule has 0 bridgehead atoms. The van der Waals surface area contributed by atoms with E-state index >= 15 is 0 Å². The predicted molar refractivity (Wildman–Crippen MR) is 70.2 cm³/mol. The molecular weight excluding hydrogens is 243 g/mol. The van der Waals surface area contributed by atoms with Gasteiger partial charge in [-0.25, -0.2) is 0 Å². The fraction of sp³-hybridized carbons (Fsp3) is 0.538. The van der Waals surface area contributed by atoms with E-state index in [1.165, 1.54) is 0 Å². The maximum absolute atomic E-state index is 10.1. The Morgan fingerprint density at radius 2 is 1.81 bits per heavy atom. The molecule has 0 aliphatic heterocycles. The summed E-state index contributed by atoms with van der Waals surface area (Å²) in [6.07, 6.45) is 0.176. The molecule has 0 aliphatic carbocycles. The lowest BCUT2D eigenvalue weighted by molar-refractivity contribution is 0.0922. The van der Waals surface area contributed by atoms with Crippen molar-refractivity contribution in [3.05, 3.63) is 33.8 Å². The number of hydrogen-bond acceptors (Lipinski definition) is 1. The van der Waals surface area contributed by atoms with Crippen LogP contribution in [0.15, 0.2) is 18.2 Å². The Balaban J connectivity index is 2.76. The summed E-state index contributed by atoms with van der Waals surface area (Å²) in [5.74, 6) is 0.697. The Hall–Kier alpha value is -0.240. The predicted octanol–water partition coefficient (Wildman–Crippen LogP) is 4.19. The minimum Gasteiger partial charge on any atom is -0.392 e. The first-order valence-electron chi connectivity index (χ1n) is 5.53. The first-order valence-corrected chi connectivity index (χ1v) is 6.29. The van der Waals surface area contributed by atoms with Gasteiger partial charge in [-0.1, -0.05) is 44.0 Å². The summed E-state index contributed by atoms with van der Waals surface area (Å²) >= 11 is 12.0. The van der Waals surface area contributed by atoms with Gasteiger partial charge in [0.05, 0.1) is 6.10 Å². The maximum Gasteiger partial charge on any atom is 0.0609 e. The average molecular weight is 261 g/mol. The van der Waals surface area contributed by atoms with Gasteiger partial charge in [0, 0.05) is 16.5 Å². The van der Waals surface area contributed by atoms with Gasteiger partial charge in [-0.3, -0.25) is 0 Å². The highest BCUT2D eigenvalue weighted by Gasteiger charge is 2.19. The van der Waals surface area contributed by atoms with Crippen LogP contribution in [0.25, 0.3) is 0 Å². The number of rotatable bonds is 4. The van der Waals surface area contributed by atoms with Gasteiger partial charge in [0.1, 0.15) is 0 Å². The van der Waals surface area contributed by atoms with Crippen LogP contribution >= 0.6 is 23.2 Å². The molecule has 90 valence electrons. The Kier molecular flexibility index (Phi) is 5.10. The van der Waals surface area contributed by atoms with Gasteiger partial charge in [0.15, 0.2) is 0 Å². The molecule has 16 heavy (non-hydrogen) atoms. The second kappa shape index (κ2) is 5.90. The van der Waals surface area contributed by atoms with Gasteiger partial charge in [-0.05, 0) is 35.6 Å². The lowest BCUT2D eigenvalue weighted by Crippen LogP contribution is -2.24. The molecule has 1 aromatic carbocycles. The third kappa shape index (κ3) is 3.65. The van der Waals surface area contributed by atoms with E-state index in [-0.39, 0.29) is 12.0 Å². The van der Waals surface area contributed by atoms with Crippen LogP contribution < -0.4 is 0 Å². The molecule has 1 nitrogen and oxygen atoms in total. The molecule has 0 amide bonds. The first kappa shape index (κ1) is 13.8. The number of halogens is 2. The highest BCUT2D eigenvalue weighted by atomic mass is 35.5. The number of aliphatic hydroxyl groups is 1. The standard InChI is InChI=1S/C13H18Cl2O/c1-8(2)9(3)13(16)7-10-6-11(14)4-5-12(10)15/h4-6,8-9,13,16H,7H2,1-3H3. The summed E-state index contributed by atoms with van der Waals surface area (Å²) in [6.45, 7) is 6.26. The van der Waals surface area contributed by atoms with Crippen molar-refractivity contribution < 1.29 is 5.11 Å². The lowest BCUT2D eigenvalue weighted by atomic mass is 9.89. The fourth-order valence-electron chi connectivity index (χ4n) is 1.56. The van der Waals surface area contributed by atoms with Crippen molar-refractivity contribution in [2.75, 3.05) is 0 Å². The Bertz CT molecular complexity index is 350. The monoisotopic (exact) mass is 260 g/mol. The Labute approximate surface area is 107 Å². The zero-order chi connectivity index (χ0) is 12.3. The number of aliphatic hydroxyl groups excluding tert-OH is 1. The van der Waals surface area contributed by atoms with E-state index in [0.717, 1.165) is 5.56 Å². The molecule has 0 spiro atoms. The SMILES string of the molecule is CC(C)C(C)C(O)Cc1cc(Cl)ccc1Cl. The molecule has 0 aliphatic rings. The van der Waals surface area contributed by atoms with Crippen LogP contribution in [0.3, 0.4) is 0 Å². The molecule has 0 saturated heterocycles. The van der Waals surface area contributed by atoms with Crippen LogP contribution in [0.2, 0.25) is 10.0 Å². The number of benzene rings is 1. The largest absolute Gasteiger partial charge is 0.392 e. The first-order chi connectivity index (χ1) is 7.41. The zero-order valence-electron chi connectivity index (χ0n) is 9.87. The molecule has 0 fully saturated rings. The van der Waals surface area contributed by atoms with Crippen molar-refractivity contribution in [1.82, 2.24) is 0 Å². The van der Waals surface area contributed by atoms with Crippen molar-refractivity contribution >= 4 is 23.2 Å². The molecule has 0 heterocycles. The Morgan fingerprint density at radius 3 is 2.38 bits per heavy atom. The highest BCUT2D eigenvalue weighted by molar-refractivity contribution is 6.33. The highest BCUT2D eigenvalue weighted by Crippen LogP contribution is 2.25. The van der Waals surface area contributed by atoms with Crippen LogP contribution in [0.5, 0.6) is 0 Å². The van der Waals surface area contributed by atoms with Crippen LogP contribution in [0.4, 0.5) is 0 Å². The minimum atomic E-state index is -0.379. The van der Waals surface area contributed by atoms with Crippen molar-refractivity contribution in [3.63, 3.8) is 0 Å². The molecular formula is C13H18Cl2O. The van der Waals surface area contributed by atoms with Gasteiger partial charge in [0.2, 0.25) is 0 Å². The van der Waals surface area contributed by atoms with Gasteiger partial charge in [-0.2, -0.15) is 0 Å². The second-order valence-electron chi connectivity index (χ2n) is 4.61. The molecule has 1 rings (SSSR count). The topological polar surface area (TPSA) is 20.2 Å². The van der Waals surface area contributed by atoms with E-state index in [2.05, 4.69) is 13.8 Å². The number of hydrogen-bond donors (Lipinski definition) is 1. The van der Waals surface area contributed by atoms with E-state index in [4.69, 9.17) is 23.2 Å². The fourth-order valence-corrected chi connectivity index (χ4v) is 1.94. The molecule has 0 radical (unpaired) electrons. The van der Waals surface area contributed by atoms with Crippen LogP contribution in [0.1, 0.15) is 26.3 Å². The van der Waals surface area contributed by atoms with E-state index in [1.54, 1.807) is 12.1 Å². The molecule has 2 atom stereocenters. The van der Waals surface area contributed by atoms with Gasteiger partial charge in [0.25, 0.3) is 0 Å². The van der Waals surface area contributed by atoms with Crippen LogP contribution in [-0.4, -0.2) is 11.2 Å². The third-order valence-corrected chi connectivity index (χ3v) is 3.70. The van der Waals surface area contributed by atoms with Crippen molar-refractivity contribution in [2.24, 2.45) is 11.8 Å². The molecule has 1 aromatic rings. The third-order valence-electron chi connectivity index (χ3n) is 3.10. The van der Waals surface area contributed by atoms with Gasteiger partial charge < -0.3 is 5.11 Å². The summed E-state index contributed by atoms with van der Waals surface area (Å²) < 4.78 is 0. The molecule has 3 heteroatoms. The molecule has 0 saturated carbocycles. The average Bonchev–Trinajstić information content (AvgIpc) is 2.22. The Morgan fingerprint density at radius 1 is 1.19 bits per heavy atom. The summed E-state index contributed by atoms with van der Waals surface area (Å²) in [4.78, 5) is 0. The smallest absolute Gasteiger partial charge is 0.0609 e. The van der Waals surface area contributed by atoms with Crippen molar-refractivity contribution in [2.45, 2.75) is 33.3 Å². The van der Waals surface area contributed by atoms with Gasteiger partial charge in [-0.15, -0.1) is 0 Å². The van der Waals surface area contributed by atoms with Gasteiger partial charge >= 0.3 is 0 Å². The minimum absolute atomic E-state index is 0.245. The summed E-state index contributed by atoms with van der Waals surface area (Å²) in [5, 5.41) is 11.4.